The van der Waals surface area contributed by atoms with E-state index in [4.69, 9.17) is 0 Å². The van der Waals surface area contributed by atoms with Crippen LogP contribution in [0.5, 0.6) is 0 Å². The zero-order valence-corrected chi connectivity index (χ0v) is 13.2. The Hall–Kier alpha value is -2.48. The second kappa shape index (κ2) is 5.86. The fourth-order valence-corrected chi connectivity index (χ4v) is 3.03. The van der Waals surface area contributed by atoms with Gasteiger partial charge >= 0.3 is 0 Å². The highest BCUT2D eigenvalue weighted by Gasteiger charge is 2.29. The van der Waals surface area contributed by atoms with Crippen molar-refractivity contribution in [2.45, 2.75) is 37.8 Å². The zero-order chi connectivity index (χ0) is 16.7. The number of aliphatic hydroxyl groups is 1. The lowest BCUT2D eigenvalue weighted by Gasteiger charge is -2.19. The zero-order valence-electron chi connectivity index (χ0n) is 13.2. The first-order valence-corrected chi connectivity index (χ1v) is 8.25. The largest absolute Gasteiger partial charge is 0.365 e. The number of amides is 2. The lowest BCUT2D eigenvalue weighted by molar-refractivity contribution is -0.140. The average Bonchev–Trinajstić information content (AvgIpc) is 3.12. The summed E-state index contributed by atoms with van der Waals surface area (Å²) in [5.41, 5.74) is 2.15. The third-order valence-corrected chi connectivity index (χ3v) is 4.56. The highest BCUT2D eigenvalue weighted by molar-refractivity contribution is 6.05. The number of nitrogens with one attached hydrogen (secondary N) is 2. The fraction of sp³-hybridized carbons (Fsp3) is 0.500. The van der Waals surface area contributed by atoms with Gasteiger partial charge in [0.25, 0.3) is 11.8 Å². The van der Waals surface area contributed by atoms with Gasteiger partial charge in [-0.2, -0.15) is 0 Å². The number of hydrogen-bond acceptors (Lipinski definition) is 5. The monoisotopic (exact) mass is 329 g/mol. The maximum absolute atomic E-state index is 12.4. The van der Waals surface area contributed by atoms with Crippen molar-refractivity contribution in [2.24, 2.45) is 0 Å². The summed E-state index contributed by atoms with van der Waals surface area (Å²) in [6.07, 6.45) is 5.72. The molecule has 8 nitrogen and oxygen atoms in total. The normalized spacial score (nSPS) is 18.8. The predicted octanol–water partition coefficient (Wildman–Crippen LogP) is 0.506. The molecule has 2 amide bonds. The van der Waals surface area contributed by atoms with Crippen LogP contribution in [0.15, 0.2) is 12.4 Å². The molecule has 0 bridgehead atoms. The molecule has 2 aliphatic rings. The molecule has 2 aromatic heterocycles. The minimum absolute atomic E-state index is 0.285. The van der Waals surface area contributed by atoms with Crippen LogP contribution in [0.2, 0.25) is 0 Å². The highest BCUT2D eigenvalue weighted by atomic mass is 16.3. The lowest BCUT2D eigenvalue weighted by Crippen LogP contribution is -2.47. The van der Waals surface area contributed by atoms with E-state index in [1.807, 2.05) is 0 Å². The Balaban J connectivity index is 1.52. The molecular formula is C16H19N5O3. The van der Waals surface area contributed by atoms with Crippen LogP contribution in [0.3, 0.4) is 0 Å². The summed E-state index contributed by atoms with van der Waals surface area (Å²) in [5, 5.41) is 12.4. The number of hydrogen-bond donors (Lipinski definition) is 3. The fourth-order valence-electron chi connectivity index (χ4n) is 3.03. The molecular weight excluding hydrogens is 310 g/mol. The van der Waals surface area contributed by atoms with Crippen molar-refractivity contribution in [3.05, 3.63) is 23.7 Å². The number of rotatable bonds is 4. The highest BCUT2D eigenvalue weighted by Crippen LogP contribution is 2.39. The number of H-pyrrole nitrogens is 1. The van der Waals surface area contributed by atoms with E-state index in [2.05, 4.69) is 20.3 Å². The molecule has 1 aliphatic heterocycles. The van der Waals surface area contributed by atoms with Crippen LogP contribution in [-0.2, 0) is 4.79 Å². The molecule has 3 heterocycles. The minimum atomic E-state index is -1.54. The Kier molecular flexibility index (Phi) is 3.68. The smallest absolute Gasteiger partial charge is 0.272 e. The van der Waals surface area contributed by atoms with Crippen molar-refractivity contribution in [2.75, 3.05) is 13.1 Å². The van der Waals surface area contributed by atoms with Crippen LogP contribution >= 0.6 is 0 Å². The number of likely N-dealkylation sites (tertiary alicyclic amines) is 1. The molecule has 24 heavy (non-hydrogen) atoms. The minimum Gasteiger partial charge on any atom is -0.365 e. The summed E-state index contributed by atoms with van der Waals surface area (Å²) in [6, 6.07) is 0. The molecule has 1 saturated carbocycles. The van der Waals surface area contributed by atoms with Gasteiger partial charge in [-0.1, -0.05) is 0 Å². The van der Waals surface area contributed by atoms with Gasteiger partial charge in [-0.25, -0.2) is 9.97 Å². The SMILES string of the molecule is O=C(N[C@H](O)C(=O)N1CCCC1)c1c[nH]c2ncc(C3CC3)nc12. The molecule has 0 spiro atoms. The Morgan fingerprint density at radius 3 is 2.79 bits per heavy atom. The molecule has 1 saturated heterocycles. The number of fused-ring (bicyclic) bond motifs is 1. The first kappa shape index (κ1) is 15.1. The summed E-state index contributed by atoms with van der Waals surface area (Å²) in [7, 11) is 0. The Bertz CT molecular complexity index is 792. The molecule has 2 aromatic rings. The van der Waals surface area contributed by atoms with E-state index in [0.29, 0.717) is 30.2 Å². The molecule has 126 valence electrons. The maximum Gasteiger partial charge on any atom is 0.272 e. The van der Waals surface area contributed by atoms with E-state index < -0.39 is 18.0 Å². The Morgan fingerprint density at radius 1 is 1.33 bits per heavy atom. The van der Waals surface area contributed by atoms with Crippen molar-refractivity contribution >= 4 is 23.0 Å². The van der Waals surface area contributed by atoms with Gasteiger partial charge in [0.2, 0.25) is 6.23 Å². The lowest BCUT2D eigenvalue weighted by atomic mass is 10.2. The van der Waals surface area contributed by atoms with E-state index in [0.717, 1.165) is 31.4 Å². The van der Waals surface area contributed by atoms with Crippen molar-refractivity contribution in [3.8, 4) is 0 Å². The summed E-state index contributed by atoms with van der Waals surface area (Å²) in [5.74, 6) is -0.580. The number of carbonyl (C=O) groups is 2. The first-order valence-electron chi connectivity index (χ1n) is 8.25. The predicted molar refractivity (Wildman–Crippen MR) is 85.2 cm³/mol. The quantitative estimate of drug-likeness (QED) is 0.708. The molecule has 0 radical (unpaired) electrons. The Morgan fingerprint density at radius 2 is 2.08 bits per heavy atom. The number of nitrogens with zero attached hydrogens (tertiary/aromatic N) is 3. The van der Waals surface area contributed by atoms with Crippen molar-refractivity contribution in [1.29, 1.82) is 0 Å². The first-order chi connectivity index (χ1) is 11.6. The van der Waals surface area contributed by atoms with Crippen molar-refractivity contribution < 1.29 is 14.7 Å². The number of aromatic amines is 1. The van der Waals surface area contributed by atoms with Crippen LogP contribution in [-0.4, -0.2) is 56.1 Å². The number of aromatic nitrogens is 3. The van der Waals surface area contributed by atoms with Crippen LogP contribution in [0.1, 0.15) is 47.7 Å². The topological polar surface area (TPSA) is 111 Å². The molecule has 1 aliphatic carbocycles. The number of aliphatic hydroxyl groups excluding tert-OH is 1. The summed E-state index contributed by atoms with van der Waals surface area (Å²) in [6.45, 7) is 1.24. The third kappa shape index (κ3) is 2.73. The standard InChI is InChI=1S/C16H19N5O3/c22-14(20-15(23)16(24)21-5-1-2-6-21)10-7-17-13-12(10)19-11(8-18-13)9-3-4-9/h7-9,15,23H,1-6H2,(H,17,18)(H,20,22)/t15-/m1/s1. The third-order valence-electron chi connectivity index (χ3n) is 4.56. The Labute approximate surface area is 138 Å². The van der Waals surface area contributed by atoms with Crippen LogP contribution in [0.25, 0.3) is 11.2 Å². The maximum atomic E-state index is 12.4. The van der Waals surface area contributed by atoms with Gasteiger partial charge in [0.05, 0.1) is 17.5 Å². The van der Waals surface area contributed by atoms with Crippen molar-refractivity contribution in [1.82, 2.24) is 25.2 Å². The van der Waals surface area contributed by atoms with Crippen molar-refractivity contribution in [3.63, 3.8) is 0 Å². The van der Waals surface area contributed by atoms with Gasteiger partial charge in [0.15, 0.2) is 5.65 Å². The summed E-state index contributed by atoms with van der Waals surface area (Å²) >= 11 is 0. The van der Waals surface area contributed by atoms with Crippen LogP contribution in [0.4, 0.5) is 0 Å². The van der Waals surface area contributed by atoms with Gasteiger partial charge in [0, 0.05) is 25.2 Å². The molecule has 0 unspecified atom stereocenters. The van der Waals surface area contributed by atoms with Gasteiger partial charge < -0.3 is 20.3 Å². The second-order valence-electron chi connectivity index (χ2n) is 6.38. The summed E-state index contributed by atoms with van der Waals surface area (Å²) in [4.78, 5) is 37.8. The molecule has 3 N–H and O–H groups in total. The van der Waals surface area contributed by atoms with Crippen LogP contribution < -0.4 is 5.32 Å². The van der Waals surface area contributed by atoms with E-state index in [-0.39, 0.29) is 5.56 Å². The summed E-state index contributed by atoms with van der Waals surface area (Å²) < 4.78 is 0. The molecule has 1 atom stereocenters. The molecule has 4 rings (SSSR count). The second-order valence-corrected chi connectivity index (χ2v) is 6.38. The van der Waals surface area contributed by atoms with Gasteiger partial charge in [-0.05, 0) is 25.7 Å². The number of carbonyl (C=O) groups excluding carboxylic acids is 2. The van der Waals surface area contributed by atoms with E-state index in [1.54, 1.807) is 11.1 Å². The van der Waals surface area contributed by atoms with Gasteiger partial charge in [-0.3, -0.25) is 9.59 Å². The van der Waals surface area contributed by atoms with Gasteiger partial charge in [0.1, 0.15) is 5.52 Å². The van der Waals surface area contributed by atoms with E-state index in [9.17, 15) is 14.7 Å². The van der Waals surface area contributed by atoms with E-state index in [1.165, 1.54) is 6.20 Å². The molecule has 0 aromatic carbocycles. The molecule has 8 heteroatoms. The van der Waals surface area contributed by atoms with E-state index >= 15 is 0 Å². The van der Waals surface area contributed by atoms with Crippen LogP contribution in [0, 0.1) is 0 Å². The average molecular weight is 329 g/mol. The molecule has 2 fully saturated rings. The van der Waals surface area contributed by atoms with Gasteiger partial charge in [-0.15, -0.1) is 0 Å².